The maximum Gasteiger partial charge on any atom is 0.233 e. The summed E-state index contributed by atoms with van der Waals surface area (Å²) < 4.78 is 8.47. The zero-order valence-electron chi connectivity index (χ0n) is 17.1. The Morgan fingerprint density at radius 2 is 1.90 bits per heavy atom. The van der Waals surface area contributed by atoms with Gasteiger partial charge in [0.05, 0.1) is 23.1 Å². The monoisotopic (exact) mass is 448 g/mol. The van der Waals surface area contributed by atoms with E-state index in [0.29, 0.717) is 12.3 Å². The van der Waals surface area contributed by atoms with Gasteiger partial charge in [-0.3, -0.25) is 9.20 Å². The van der Waals surface area contributed by atoms with Crippen LogP contribution in [0, 0.1) is 0 Å². The van der Waals surface area contributed by atoms with Crippen LogP contribution in [0.5, 0.6) is 5.75 Å². The zero-order valence-corrected chi connectivity index (χ0v) is 18.7. The standard InChI is InChI=1S/C23H20N4O2S2/c1-26(13-15-7-8-17-12-18(29-2)10-9-16(17)11-15)21(28)14-30-22-24-25-23-27(22)19-5-3-4-6-20(19)31-23/h3-12H,13-14H2,1-2H3. The number of aromatic nitrogens is 3. The van der Waals surface area contributed by atoms with Gasteiger partial charge < -0.3 is 9.64 Å². The maximum atomic E-state index is 12.8. The first-order valence-electron chi connectivity index (χ1n) is 9.78. The molecule has 0 aliphatic carbocycles. The zero-order chi connectivity index (χ0) is 21.4. The second-order valence-electron chi connectivity index (χ2n) is 7.26. The normalized spacial score (nSPS) is 11.4. The Labute approximate surface area is 187 Å². The van der Waals surface area contributed by atoms with E-state index in [1.54, 1.807) is 23.3 Å². The molecule has 0 unspecified atom stereocenters. The SMILES string of the molecule is COc1ccc2cc(CN(C)C(=O)CSc3nnc4sc5ccccc5n34)ccc2c1. The number of para-hydroxylation sites is 1. The van der Waals surface area contributed by atoms with E-state index in [9.17, 15) is 4.79 Å². The number of hydrogen-bond donors (Lipinski definition) is 0. The molecule has 0 fully saturated rings. The van der Waals surface area contributed by atoms with E-state index in [1.807, 2.05) is 41.8 Å². The molecule has 0 N–H and O–H groups in total. The summed E-state index contributed by atoms with van der Waals surface area (Å²) in [6, 6.07) is 20.4. The molecule has 6 nitrogen and oxygen atoms in total. The largest absolute Gasteiger partial charge is 0.497 e. The smallest absolute Gasteiger partial charge is 0.233 e. The van der Waals surface area contributed by atoms with Gasteiger partial charge in [-0.15, -0.1) is 10.2 Å². The highest BCUT2D eigenvalue weighted by atomic mass is 32.2. The summed E-state index contributed by atoms with van der Waals surface area (Å²) in [5.74, 6) is 1.20. The van der Waals surface area contributed by atoms with E-state index in [-0.39, 0.29) is 5.91 Å². The van der Waals surface area contributed by atoms with E-state index in [0.717, 1.165) is 42.4 Å². The number of amides is 1. The van der Waals surface area contributed by atoms with E-state index in [2.05, 4.69) is 40.5 Å². The lowest BCUT2D eigenvalue weighted by atomic mass is 10.1. The van der Waals surface area contributed by atoms with Gasteiger partial charge in [0.25, 0.3) is 0 Å². The van der Waals surface area contributed by atoms with E-state index in [1.165, 1.54) is 11.8 Å². The van der Waals surface area contributed by atoms with Crippen LogP contribution in [-0.2, 0) is 11.3 Å². The number of nitrogens with zero attached hydrogens (tertiary/aromatic N) is 4. The number of carbonyl (C=O) groups is 1. The van der Waals surface area contributed by atoms with Crippen molar-refractivity contribution >= 4 is 55.0 Å². The Balaban J connectivity index is 1.27. The van der Waals surface area contributed by atoms with Gasteiger partial charge in [-0.25, -0.2) is 0 Å². The van der Waals surface area contributed by atoms with Crippen LogP contribution in [0.4, 0.5) is 0 Å². The molecule has 1 amide bonds. The maximum absolute atomic E-state index is 12.8. The molecule has 0 aliphatic heterocycles. The molecular weight excluding hydrogens is 428 g/mol. The second kappa shape index (κ2) is 8.20. The number of carbonyl (C=O) groups excluding carboxylic acids is 1. The summed E-state index contributed by atoms with van der Waals surface area (Å²) in [5.41, 5.74) is 2.16. The molecule has 0 spiro atoms. The average Bonchev–Trinajstić information content (AvgIpc) is 3.36. The van der Waals surface area contributed by atoms with Crippen LogP contribution < -0.4 is 4.74 Å². The minimum Gasteiger partial charge on any atom is -0.497 e. The van der Waals surface area contributed by atoms with Gasteiger partial charge >= 0.3 is 0 Å². The van der Waals surface area contributed by atoms with Gasteiger partial charge in [-0.05, 0) is 46.7 Å². The van der Waals surface area contributed by atoms with Crippen LogP contribution in [-0.4, -0.2) is 45.3 Å². The molecule has 31 heavy (non-hydrogen) atoms. The first-order chi connectivity index (χ1) is 15.1. The molecular formula is C23H20N4O2S2. The number of hydrogen-bond acceptors (Lipinski definition) is 6. The molecule has 5 rings (SSSR count). The van der Waals surface area contributed by atoms with Gasteiger partial charge in [0.15, 0.2) is 5.16 Å². The van der Waals surface area contributed by atoms with Crippen molar-refractivity contribution in [2.24, 2.45) is 0 Å². The molecule has 0 bridgehead atoms. The Morgan fingerprint density at radius 1 is 1.10 bits per heavy atom. The van der Waals surface area contributed by atoms with Crippen LogP contribution >= 0.6 is 23.1 Å². The number of methoxy groups -OCH3 is 1. The Morgan fingerprint density at radius 3 is 2.77 bits per heavy atom. The quantitative estimate of drug-likeness (QED) is 0.347. The number of fused-ring (bicyclic) bond motifs is 4. The average molecular weight is 449 g/mol. The third kappa shape index (κ3) is 3.84. The molecule has 2 aromatic heterocycles. The topological polar surface area (TPSA) is 59.7 Å². The molecule has 0 saturated heterocycles. The van der Waals surface area contributed by atoms with Crippen molar-refractivity contribution in [2.75, 3.05) is 19.9 Å². The van der Waals surface area contributed by atoms with Crippen LogP contribution in [0.15, 0.2) is 65.8 Å². The number of thiazole rings is 1. The fourth-order valence-electron chi connectivity index (χ4n) is 3.55. The summed E-state index contributed by atoms with van der Waals surface area (Å²) in [7, 11) is 3.50. The number of ether oxygens (including phenoxy) is 1. The molecule has 5 aromatic rings. The van der Waals surface area contributed by atoms with Gasteiger partial charge in [-0.2, -0.15) is 0 Å². The first-order valence-corrected chi connectivity index (χ1v) is 11.6. The van der Waals surface area contributed by atoms with Crippen LogP contribution in [0.25, 0.3) is 25.9 Å². The molecule has 3 aromatic carbocycles. The summed E-state index contributed by atoms with van der Waals surface area (Å²) in [5, 5.41) is 11.5. The summed E-state index contributed by atoms with van der Waals surface area (Å²) in [6.45, 7) is 0.554. The summed E-state index contributed by atoms with van der Waals surface area (Å²) >= 11 is 3.02. The van der Waals surface area contributed by atoms with Crippen molar-refractivity contribution in [3.8, 4) is 5.75 Å². The van der Waals surface area contributed by atoms with Crippen molar-refractivity contribution in [2.45, 2.75) is 11.7 Å². The van der Waals surface area contributed by atoms with Crippen LogP contribution in [0.3, 0.4) is 0 Å². The van der Waals surface area contributed by atoms with E-state index in [4.69, 9.17) is 4.74 Å². The molecule has 8 heteroatoms. The molecule has 0 radical (unpaired) electrons. The highest BCUT2D eigenvalue weighted by Crippen LogP contribution is 2.29. The third-order valence-corrected chi connectivity index (χ3v) is 7.12. The minimum absolute atomic E-state index is 0.0520. The van der Waals surface area contributed by atoms with Crippen molar-refractivity contribution in [1.82, 2.24) is 19.5 Å². The van der Waals surface area contributed by atoms with Gasteiger partial charge in [0.1, 0.15) is 5.75 Å². The lowest BCUT2D eigenvalue weighted by Gasteiger charge is -2.17. The Bertz CT molecular complexity index is 1410. The summed E-state index contributed by atoms with van der Waals surface area (Å²) in [4.78, 5) is 15.4. The molecule has 0 atom stereocenters. The van der Waals surface area contributed by atoms with Crippen molar-refractivity contribution in [1.29, 1.82) is 0 Å². The predicted molar refractivity (Wildman–Crippen MR) is 126 cm³/mol. The fraction of sp³-hybridized carbons (Fsp3) is 0.174. The molecule has 0 saturated carbocycles. The van der Waals surface area contributed by atoms with Crippen molar-refractivity contribution in [3.05, 3.63) is 66.2 Å². The van der Waals surface area contributed by atoms with E-state index >= 15 is 0 Å². The highest BCUT2D eigenvalue weighted by molar-refractivity contribution is 7.99. The van der Waals surface area contributed by atoms with Crippen LogP contribution in [0.1, 0.15) is 5.56 Å². The predicted octanol–water partition coefficient (Wildman–Crippen LogP) is 4.86. The van der Waals surface area contributed by atoms with Gasteiger partial charge in [-0.1, -0.05) is 53.4 Å². The number of rotatable bonds is 6. The lowest BCUT2D eigenvalue weighted by Crippen LogP contribution is -2.27. The fourth-order valence-corrected chi connectivity index (χ4v) is 5.45. The first kappa shape index (κ1) is 19.8. The highest BCUT2D eigenvalue weighted by Gasteiger charge is 2.16. The summed E-state index contributed by atoms with van der Waals surface area (Å²) in [6.07, 6.45) is 0. The van der Waals surface area contributed by atoms with Gasteiger partial charge in [0.2, 0.25) is 10.9 Å². The Hall–Kier alpha value is -3.10. The van der Waals surface area contributed by atoms with Crippen molar-refractivity contribution in [3.63, 3.8) is 0 Å². The Kier molecular flexibility index (Phi) is 5.25. The minimum atomic E-state index is 0.0520. The molecule has 2 heterocycles. The second-order valence-corrected chi connectivity index (χ2v) is 9.21. The van der Waals surface area contributed by atoms with Gasteiger partial charge in [0, 0.05) is 13.6 Å². The molecule has 0 aliphatic rings. The third-order valence-electron chi connectivity index (χ3n) is 5.19. The number of thioether (sulfide) groups is 1. The molecule has 156 valence electrons. The van der Waals surface area contributed by atoms with E-state index < -0.39 is 0 Å². The lowest BCUT2D eigenvalue weighted by molar-refractivity contribution is -0.127. The van der Waals surface area contributed by atoms with Crippen molar-refractivity contribution < 1.29 is 9.53 Å². The number of benzene rings is 3. The van der Waals surface area contributed by atoms with Crippen LogP contribution in [0.2, 0.25) is 0 Å².